The molecule has 4 nitrogen and oxygen atoms in total. The standard InChI is InChI=1S/C18H19NO3/c1-3-22-17-9-7-15(8-10-17)18(19-13(2)21)16-6-4-5-14(11-16)12-20/h4-12,18H,3H2,1-2H3,(H,19,21). The molecular formula is C18H19NO3. The van der Waals surface area contributed by atoms with Crippen molar-refractivity contribution in [3.8, 4) is 5.75 Å². The molecule has 0 bridgehead atoms. The van der Waals surface area contributed by atoms with Gasteiger partial charge in [-0.2, -0.15) is 0 Å². The molecular weight excluding hydrogens is 278 g/mol. The highest BCUT2D eigenvalue weighted by Crippen LogP contribution is 2.24. The average Bonchev–Trinajstić information content (AvgIpc) is 2.54. The molecule has 1 unspecified atom stereocenters. The number of carbonyl (C=O) groups is 2. The lowest BCUT2D eigenvalue weighted by Crippen LogP contribution is -2.27. The number of nitrogens with one attached hydrogen (secondary N) is 1. The van der Waals surface area contributed by atoms with Crippen molar-refractivity contribution in [2.75, 3.05) is 6.61 Å². The van der Waals surface area contributed by atoms with Crippen LogP contribution >= 0.6 is 0 Å². The topological polar surface area (TPSA) is 55.4 Å². The van der Waals surface area contributed by atoms with E-state index in [0.29, 0.717) is 12.2 Å². The minimum Gasteiger partial charge on any atom is -0.494 e. The molecule has 2 aromatic rings. The van der Waals surface area contributed by atoms with Gasteiger partial charge in [0.2, 0.25) is 5.91 Å². The van der Waals surface area contributed by atoms with Gasteiger partial charge in [0.1, 0.15) is 12.0 Å². The van der Waals surface area contributed by atoms with Crippen LogP contribution in [0.5, 0.6) is 5.75 Å². The highest BCUT2D eigenvalue weighted by atomic mass is 16.5. The van der Waals surface area contributed by atoms with Gasteiger partial charge in [-0.15, -0.1) is 0 Å². The van der Waals surface area contributed by atoms with Crippen LogP contribution in [0.25, 0.3) is 0 Å². The van der Waals surface area contributed by atoms with Crippen molar-refractivity contribution in [1.82, 2.24) is 5.32 Å². The predicted octanol–water partition coefficient (Wildman–Crippen LogP) is 3.12. The van der Waals surface area contributed by atoms with Crippen LogP contribution in [0.15, 0.2) is 48.5 Å². The van der Waals surface area contributed by atoms with Crippen LogP contribution in [-0.4, -0.2) is 18.8 Å². The molecule has 0 spiro atoms. The molecule has 0 aliphatic rings. The lowest BCUT2D eigenvalue weighted by molar-refractivity contribution is -0.119. The fraction of sp³-hybridized carbons (Fsp3) is 0.222. The third kappa shape index (κ3) is 3.95. The van der Waals surface area contributed by atoms with Crippen LogP contribution in [0.1, 0.15) is 41.4 Å². The largest absolute Gasteiger partial charge is 0.494 e. The van der Waals surface area contributed by atoms with Gasteiger partial charge in [0.25, 0.3) is 0 Å². The molecule has 4 heteroatoms. The van der Waals surface area contributed by atoms with Crippen molar-refractivity contribution < 1.29 is 14.3 Å². The highest BCUT2D eigenvalue weighted by molar-refractivity contribution is 5.76. The molecule has 0 aliphatic heterocycles. The van der Waals surface area contributed by atoms with E-state index in [-0.39, 0.29) is 11.9 Å². The van der Waals surface area contributed by atoms with Crippen LogP contribution in [0.3, 0.4) is 0 Å². The van der Waals surface area contributed by atoms with Gasteiger partial charge >= 0.3 is 0 Å². The molecule has 1 amide bonds. The second-order valence-electron chi connectivity index (χ2n) is 4.92. The number of amides is 1. The SMILES string of the molecule is CCOc1ccc(C(NC(C)=O)c2cccc(C=O)c2)cc1. The summed E-state index contributed by atoms with van der Waals surface area (Å²) < 4.78 is 5.43. The van der Waals surface area contributed by atoms with Crippen LogP contribution in [0.4, 0.5) is 0 Å². The third-order valence-corrected chi connectivity index (χ3v) is 3.25. The van der Waals surface area contributed by atoms with E-state index < -0.39 is 0 Å². The summed E-state index contributed by atoms with van der Waals surface area (Å²) in [6.07, 6.45) is 0.798. The number of carbonyl (C=O) groups excluding carboxylic acids is 2. The van der Waals surface area contributed by atoms with Gasteiger partial charge in [-0.1, -0.05) is 30.3 Å². The van der Waals surface area contributed by atoms with Crippen LogP contribution in [0.2, 0.25) is 0 Å². The van der Waals surface area contributed by atoms with Crippen molar-refractivity contribution in [3.05, 3.63) is 65.2 Å². The second-order valence-corrected chi connectivity index (χ2v) is 4.92. The molecule has 2 rings (SSSR count). The maximum absolute atomic E-state index is 11.5. The smallest absolute Gasteiger partial charge is 0.217 e. The average molecular weight is 297 g/mol. The Bertz CT molecular complexity index is 650. The summed E-state index contributed by atoms with van der Waals surface area (Å²) in [6, 6.07) is 14.5. The Hall–Kier alpha value is -2.62. The van der Waals surface area contributed by atoms with Gasteiger partial charge in [0.05, 0.1) is 12.6 Å². The van der Waals surface area contributed by atoms with E-state index in [1.54, 1.807) is 12.1 Å². The Balaban J connectivity index is 2.36. The Morgan fingerprint density at radius 1 is 1.18 bits per heavy atom. The molecule has 2 aromatic carbocycles. The zero-order valence-electron chi connectivity index (χ0n) is 12.7. The van der Waals surface area contributed by atoms with Gasteiger partial charge in [0, 0.05) is 12.5 Å². The summed E-state index contributed by atoms with van der Waals surface area (Å²) in [7, 11) is 0. The molecule has 22 heavy (non-hydrogen) atoms. The molecule has 0 aromatic heterocycles. The van der Waals surface area contributed by atoms with Gasteiger partial charge in [-0.3, -0.25) is 9.59 Å². The van der Waals surface area contributed by atoms with Crippen molar-refractivity contribution in [2.24, 2.45) is 0 Å². The molecule has 1 N–H and O–H groups in total. The fourth-order valence-corrected chi connectivity index (χ4v) is 2.30. The number of benzene rings is 2. The first kappa shape index (κ1) is 15.8. The van der Waals surface area contributed by atoms with Crippen molar-refractivity contribution in [3.63, 3.8) is 0 Å². The first-order valence-electron chi connectivity index (χ1n) is 7.19. The third-order valence-electron chi connectivity index (χ3n) is 3.25. The maximum Gasteiger partial charge on any atom is 0.217 e. The zero-order valence-corrected chi connectivity index (χ0v) is 12.7. The Labute approximate surface area is 130 Å². The second kappa shape index (κ2) is 7.41. The molecule has 0 heterocycles. The normalized spacial score (nSPS) is 11.5. The van der Waals surface area contributed by atoms with Crippen LogP contribution < -0.4 is 10.1 Å². The predicted molar refractivity (Wildman–Crippen MR) is 85.1 cm³/mol. The summed E-state index contributed by atoms with van der Waals surface area (Å²) in [4.78, 5) is 22.5. The van der Waals surface area contributed by atoms with Crippen molar-refractivity contribution in [1.29, 1.82) is 0 Å². The molecule has 0 saturated carbocycles. The fourth-order valence-electron chi connectivity index (χ4n) is 2.30. The van der Waals surface area contributed by atoms with E-state index in [4.69, 9.17) is 4.74 Å². The van der Waals surface area contributed by atoms with Crippen molar-refractivity contribution in [2.45, 2.75) is 19.9 Å². The maximum atomic E-state index is 11.5. The first-order chi connectivity index (χ1) is 10.6. The number of aldehydes is 1. The Kier molecular flexibility index (Phi) is 5.31. The summed E-state index contributed by atoms with van der Waals surface area (Å²) in [6.45, 7) is 4.01. The molecule has 114 valence electrons. The van der Waals surface area contributed by atoms with E-state index in [0.717, 1.165) is 23.2 Å². The van der Waals surface area contributed by atoms with Crippen LogP contribution in [-0.2, 0) is 4.79 Å². The quantitative estimate of drug-likeness (QED) is 0.833. The number of hydrogen-bond donors (Lipinski definition) is 1. The van der Waals surface area contributed by atoms with E-state index in [9.17, 15) is 9.59 Å². The molecule has 0 saturated heterocycles. The van der Waals surface area contributed by atoms with Gasteiger partial charge in [0.15, 0.2) is 0 Å². The highest BCUT2D eigenvalue weighted by Gasteiger charge is 2.15. The zero-order chi connectivity index (χ0) is 15.9. The van der Waals surface area contributed by atoms with Gasteiger partial charge in [-0.05, 0) is 36.2 Å². The Morgan fingerprint density at radius 3 is 2.50 bits per heavy atom. The van der Waals surface area contributed by atoms with Crippen molar-refractivity contribution >= 4 is 12.2 Å². The molecule has 0 aliphatic carbocycles. The minimum atomic E-state index is -0.298. The summed E-state index contributed by atoms with van der Waals surface area (Å²) in [5.41, 5.74) is 2.38. The van der Waals surface area contributed by atoms with Gasteiger partial charge < -0.3 is 10.1 Å². The van der Waals surface area contributed by atoms with E-state index in [2.05, 4.69) is 5.32 Å². The van der Waals surface area contributed by atoms with E-state index >= 15 is 0 Å². The molecule has 0 fully saturated rings. The summed E-state index contributed by atoms with van der Waals surface area (Å²) in [5, 5.41) is 2.92. The van der Waals surface area contributed by atoms with Gasteiger partial charge in [-0.25, -0.2) is 0 Å². The van der Waals surface area contributed by atoms with Crippen LogP contribution in [0, 0.1) is 0 Å². The number of rotatable bonds is 6. The van der Waals surface area contributed by atoms with E-state index in [1.165, 1.54) is 6.92 Å². The molecule has 0 radical (unpaired) electrons. The first-order valence-corrected chi connectivity index (χ1v) is 7.19. The monoisotopic (exact) mass is 297 g/mol. The van der Waals surface area contributed by atoms with E-state index in [1.807, 2.05) is 43.3 Å². The lowest BCUT2D eigenvalue weighted by atomic mass is 9.97. The summed E-state index contributed by atoms with van der Waals surface area (Å²) in [5.74, 6) is 0.657. The number of ether oxygens (including phenoxy) is 1. The minimum absolute atomic E-state index is 0.129. The number of hydrogen-bond acceptors (Lipinski definition) is 3. The Morgan fingerprint density at radius 2 is 1.91 bits per heavy atom. The molecule has 1 atom stereocenters. The lowest BCUT2D eigenvalue weighted by Gasteiger charge is -2.19. The summed E-state index contributed by atoms with van der Waals surface area (Å²) >= 11 is 0.